The van der Waals surface area contributed by atoms with Crippen LogP contribution in [-0.2, 0) is 0 Å². The lowest BCUT2D eigenvalue weighted by atomic mass is 9.76. The number of hydrogen-bond donors (Lipinski definition) is 1. The van der Waals surface area contributed by atoms with Gasteiger partial charge in [-0.05, 0) is 30.0 Å². The van der Waals surface area contributed by atoms with Gasteiger partial charge in [0.1, 0.15) is 5.82 Å². The standard InChI is InChI=1S/C20H20FNO2/c1-23-17-11-5-9-15(20(17)24-2)18-13-7-3-6-12(13)14-8-4-10-16(21)19(14)22-18/h3-6,8-13,18,22H,7H2,1-2H3/t12-,13-,18+/m0/s1. The third kappa shape index (κ3) is 2.17. The number of rotatable bonds is 3. The van der Waals surface area contributed by atoms with E-state index in [1.54, 1.807) is 20.3 Å². The lowest BCUT2D eigenvalue weighted by molar-refractivity contribution is 0.340. The van der Waals surface area contributed by atoms with Crippen molar-refractivity contribution in [1.82, 2.24) is 0 Å². The predicted molar refractivity (Wildman–Crippen MR) is 92.3 cm³/mol. The van der Waals surface area contributed by atoms with Crippen molar-refractivity contribution in [2.24, 2.45) is 5.92 Å². The van der Waals surface area contributed by atoms with Gasteiger partial charge in [0.05, 0.1) is 25.9 Å². The molecule has 1 N–H and O–H groups in total. The van der Waals surface area contributed by atoms with E-state index in [1.165, 1.54) is 6.07 Å². The molecule has 4 rings (SSSR count). The molecule has 0 saturated carbocycles. The van der Waals surface area contributed by atoms with E-state index in [2.05, 4.69) is 17.5 Å². The molecule has 0 spiro atoms. The summed E-state index contributed by atoms with van der Waals surface area (Å²) in [6, 6.07) is 11.1. The number of allylic oxidation sites excluding steroid dienone is 2. The summed E-state index contributed by atoms with van der Waals surface area (Å²) in [7, 11) is 3.27. The van der Waals surface area contributed by atoms with Crippen LogP contribution in [0.2, 0.25) is 0 Å². The van der Waals surface area contributed by atoms with Crippen LogP contribution in [0.1, 0.15) is 29.5 Å². The fraction of sp³-hybridized carbons (Fsp3) is 0.300. The molecule has 2 aliphatic rings. The van der Waals surface area contributed by atoms with E-state index < -0.39 is 0 Å². The van der Waals surface area contributed by atoms with Crippen molar-refractivity contribution >= 4 is 5.69 Å². The molecule has 0 aromatic heterocycles. The smallest absolute Gasteiger partial charge is 0.165 e. The van der Waals surface area contributed by atoms with Gasteiger partial charge in [-0.2, -0.15) is 0 Å². The molecule has 3 nitrogen and oxygen atoms in total. The third-order valence-corrected chi connectivity index (χ3v) is 5.11. The summed E-state index contributed by atoms with van der Waals surface area (Å²) in [6.07, 6.45) is 5.35. The molecule has 0 radical (unpaired) electrons. The van der Waals surface area contributed by atoms with Crippen molar-refractivity contribution in [3.63, 3.8) is 0 Å². The fourth-order valence-corrected chi connectivity index (χ4v) is 4.05. The van der Waals surface area contributed by atoms with E-state index in [4.69, 9.17) is 9.47 Å². The highest BCUT2D eigenvalue weighted by molar-refractivity contribution is 5.62. The van der Waals surface area contributed by atoms with Crippen LogP contribution in [0.25, 0.3) is 0 Å². The number of ether oxygens (including phenoxy) is 2. The summed E-state index contributed by atoms with van der Waals surface area (Å²) in [5.74, 6) is 1.75. The Hall–Kier alpha value is -2.49. The van der Waals surface area contributed by atoms with Crippen LogP contribution in [0.4, 0.5) is 10.1 Å². The van der Waals surface area contributed by atoms with Crippen LogP contribution in [0.15, 0.2) is 48.6 Å². The summed E-state index contributed by atoms with van der Waals surface area (Å²) < 4.78 is 25.4. The number of halogens is 1. The monoisotopic (exact) mass is 325 g/mol. The first kappa shape index (κ1) is 15.1. The largest absolute Gasteiger partial charge is 0.493 e. The topological polar surface area (TPSA) is 30.5 Å². The maximum absolute atomic E-state index is 14.4. The number of para-hydroxylation sites is 2. The number of fused-ring (bicyclic) bond motifs is 3. The third-order valence-electron chi connectivity index (χ3n) is 5.11. The van der Waals surface area contributed by atoms with Gasteiger partial charge < -0.3 is 14.8 Å². The first-order valence-electron chi connectivity index (χ1n) is 8.17. The van der Waals surface area contributed by atoms with E-state index >= 15 is 0 Å². The molecule has 0 fully saturated rings. The molecule has 124 valence electrons. The quantitative estimate of drug-likeness (QED) is 0.832. The first-order chi connectivity index (χ1) is 11.7. The second-order valence-electron chi connectivity index (χ2n) is 6.26. The highest BCUT2D eigenvalue weighted by Crippen LogP contribution is 2.52. The number of anilines is 1. The molecular weight excluding hydrogens is 305 g/mol. The minimum Gasteiger partial charge on any atom is -0.493 e. The zero-order valence-electron chi connectivity index (χ0n) is 13.8. The van der Waals surface area contributed by atoms with Gasteiger partial charge in [-0.3, -0.25) is 0 Å². The molecular formula is C20H20FNO2. The maximum Gasteiger partial charge on any atom is 0.165 e. The Kier molecular flexibility index (Phi) is 3.68. The van der Waals surface area contributed by atoms with Crippen LogP contribution in [-0.4, -0.2) is 14.2 Å². The molecule has 0 amide bonds. The van der Waals surface area contributed by atoms with Crippen molar-refractivity contribution < 1.29 is 13.9 Å². The molecule has 0 bridgehead atoms. The van der Waals surface area contributed by atoms with Crippen molar-refractivity contribution in [2.75, 3.05) is 19.5 Å². The molecule has 4 heteroatoms. The number of nitrogens with one attached hydrogen (secondary N) is 1. The molecule has 1 aliphatic carbocycles. The zero-order chi connectivity index (χ0) is 16.7. The van der Waals surface area contributed by atoms with E-state index in [-0.39, 0.29) is 17.8 Å². The second-order valence-corrected chi connectivity index (χ2v) is 6.26. The number of hydrogen-bond acceptors (Lipinski definition) is 3. The van der Waals surface area contributed by atoms with Gasteiger partial charge in [-0.1, -0.05) is 36.4 Å². The van der Waals surface area contributed by atoms with E-state index in [9.17, 15) is 4.39 Å². The highest BCUT2D eigenvalue weighted by Gasteiger charge is 2.40. The van der Waals surface area contributed by atoms with Crippen molar-refractivity contribution in [2.45, 2.75) is 18.4 Å². The maximum atomic E-state index is 14.4. The van der Waals surface area contributed by atoms with Crippen molar-refractivity contribution in [3.8, 4) is 11.5 Å². The van der Waals surface area contributed by atoms with Gasteiger partial charge in [0.25, 0.3) is 0 Å². The second kappa shape index (κ2) is 5.86. The Labute approximate surface area is 141 Å². The van der Waals surface area contributed by atoms with E-state index in [0.717, 1.165) is 17.5 Å². The molecule has 1 aliphatic heterocycles. The molecule has 0 saturated heterocycles. The molecule has 2 aromatic carbocycles. The SMILES string of the molecule is COc1cccc([C@@H]2Nc3c(F)cccc3[C@H]3C=CC[C@@H]32)c1OC. The van der Waals surface area contributed by atoms with E-state index in [1.807, 2.05) is 24.3 Å². The summed E-state index contributed by atoms with van der Waals surface area (Å²) >= 11 is 0. The Morgan fingerprint density at radius 1 is 1.04 bits per heavy atom. The van der Waals surface area contributed by atoms with Crippen LogP contribution in [0, 0.1) is 11.7 Å². The van der Waals surface area contributed by atoms with Crippen LogP contribution >= 0.6 is 0 Å². The number of methoxy groups -OCH3 is 2. The average Bonchev–Trinajstić information content (AvgIpc) is 3.10. The lowest BCUT2D eigenvalue weighted by Gasteiger charge is -2.38. The average molecular weight is 325 g/mol. The van der Waals surface area contributed by atoms with Crippen LogP contribution in [0.3, 0.4) is 0 Å². The minimum absolute atomic E-state index is 0.0283. The van der Waals surface area contributed by atoms with Crippen molar-refractivity contribution in [3.05, 3.63) is 65.5 Å². The minimum atomic E-state index is -0.210. The fourth-order valence-electron chi connectivity index (χ4n) is 4.05. The molecule has 24 heavy (non-hydrogen) atoms. The zero-order valence-corrected chi connectivity index (χ0v) is 13.8. The summed E-state index contributed by atoms with van der Waals surface area (Å²) in [5, 5.41) is 3.43. The molecule has 1 heterocycles. The first-order valence-corrected chi connectivity index (χ1v) is 8.17. The number of benzene rings is 2. The summed E-state index contributed by atoms with van der Waals surface area (Å²) in [4.78, 5) is 0. The van der Waals surface area contributed by atoms with Gasteiger partial charge in [0, 0.05) is 11.5 Å². The van der Waals surface area contributed by atoms with Gasteiger partial charge in [-0.15, -0.1) is 0 Å². The predicted octanol–water partition coefficient (Wildman–Crippen LogP) is 4.67. The molecule has 0 unspecified atom stereocenters. The summed E-state index contributed by atoms with van der Waals surface area (Å²) in [5.41, 5.74) is 2.64. The van der Waals surface area contributed by atoms with Gasteiger partial charge in [0.2, 0.25) is 0 Å². The van der Waals surface area contributed by atoms with E-state index in [0.29, 0.717) is 23.1 Å². The van der Waals surface area contributed by atoms with Crippen molar-refractivity contribution in [1.29, 1.82) is 0 Å². The van der Waals surface area contributed by atoms with Gasteiger partial charge >= 0.3 is 0 Å². The Morgan fingerprint density at radius 2 is 1.83 bits per heavy atom. The van der Waals surface area contributed by atoms with Gasteiger partial charge in [-0.25, -0.2) is 4.39 Å². The Balaban J connectivity index is 1.85. The van der Waals surface area contributed by atoms with Gasteiger partial charge in [0.15, 0.2) is 11.5 Å². The lowest BCUT2D eigenvalue weighted by Crippen LogP contribution is -2.30. The molecule has 2 aromatic rings. The highest BCUT2D eigenvalue weighted by atomic mass is 19.1. The Bertz CT molecular complexity index is 802. The summed E-state index contributed by atoms with van der Waals surface area (Å²) in [6.45, 7) is 0. The Morgan fingerprint density at radius 3 is 2.62 bits per heavy atom. The normalized spacial score (nSPS) is 24.0. The molecule has 3 atom stereocenters. The van der Waals surface area contributed by atoms with Crippen LogP contribution in [0.5, 0.6) is 11.5 Å². The van der Waals surface area contributed by atoms with Crippen LogP contribution < -0.4 is 14.8 Å².